The number of aromatic nitrogens is 2. The summed E-state index contributed by atoms with van der Waals surface area (Å²) in [6, 6.07) is 6.13. The summed E-state index contributed by atoms with van der Waals surface area (Å²) in [5.41, 5.74) is 1.89. The quantitative estimate of drug-likeness (QED) is 0.833. The summed E-state index contributed by atoms with van der Waals surface area (Å²) >= 11 is 6.37. The van der Waals surface area contributed by atoms with Crippen LogP contribution in [-0.2, 0) is 6.54 Å². The van der Waals surface area contributed by atoms with Gasteiger partial charge in [-0.3, -0.25) is 4.79 Å². The van der Waals surface area contributed by atoms with Gasteiger partial charge in [0.15, 0.2) is 0 Å². The van der Waals surface area contributed by atoms with E-state index in [1.54, 1.807) is 35.7 Å². The maximum atomic E-state index is 13.0. The highest BCUT2D eigenvalue weighted by atomic mass is 35.5. The van der Waals surface area contributed by atoms with E-state index >= 15 is 0 Å². The van der Waals surface area contributed by atoms with Crippen LogP contribution in [0.4, 0.5) is 4.39 Å². The molecule has 0 atom stereocenters. The van der Waals surface area contributed by atoms with Crippen LogP contribution in [0.25, 0.3) is 0 Å². The molecule has 6 heteroatoms. The Labute approximate surface area is 140 Å². The first-order valence-electron chi connectivity index (χ1n) is 7.52. The molecule has 0 fully saturated rings. The number of benzene rings is 1. The molecule has 0 radical (unpaired) electrons. The minimum Gasteiger partial charge on any atom is -0.341 e. The largest absolute Gasteiger partial charge is 0.341 e. The van der Waals surface area contributed by atoms with Gasteiger partial charge in [-0.05, 0) is 30.5 Å². The summed E-state index contributed by atoms with van der Waals surface area (Å²) in [6.07, 6.45) is 0. The van der Waals surface area contributed by atoms with Crippen LogP contribution in [0, 0.1) is 18.7 Å². The molecule has 1 amide bonds. The molecule has 23 heavy (non-hydrogen) atoms. The van der Waals surface area contributed by atoms with Crippen molar-refractivity contribution in [2.75, 3.05) is 13.6 Å². The third-order valence-electron chi connectivity index (χ3n) is 3.51. The Bertz CT molecular complexity index is 695. The molecule has 124 valence electrons. The molecule has 0 aliphatic carbocycles. The van der Waals surface area contributed by atoms with Crippen LogP contribution in [0.1, 0.15) is 35.5 Å². The van der Waals surface area contributed by atoms with E-state index in [-0.39, 0.29) is 11.7 Å². The Morgan fingerprint density at radius 3 is 2.52 bits per heavy atom. The number of aryl methyl sites for hydroxylation is 1. The molecule has 1 aromatic heterocycles. The smallest absolute Gasteiger partial charge is 0.258 e. The van der Waals surface area contributed by atoms with Crippen LogP contribution in [-0.4, -0.2) is 34.2 Å². The first kappa shape index (κ1) is 17.5. The molecule has 0 spiro atoms. The fraction of sp³-hybridized carbons (Fsp3) is 0.412. The van der Waals surface area contributed by atoms with Crippen molar-refractivity contribution in [1.82, 2.24) is 14.7 Å². The number of halogens is 2. The molecule has 0 aliphatic heterocycles. The van der Waals surface area contributed by atoms with Crippen molar-refractivity contribution in [1.29, 1.82) is 0 Å². The van der Waals surface area contributed by atoms with E-state index in [1.165, 1.54) is 12.1 Å². The SMILES string of the molecule is Cc1nn(Cc2ccc(F)cc2)c(Cl)c1C(=O)N(C)CC(C)C. The van der Waals surface area contributed by atoms with E-state index in [2.05, 4.69) is 18.9 Å². The molecule has 2 aromatic rings. The minimum atomic E-state index is -0.289. The summed E-state index contributed by atoms with van der Waals surface area (Å²) in [5, 5.41) is 4.67. The lowest BCUT2D eigenvalue weighted by Gasteiger charge is -2.19. The summed E-state index contributed by atoms with van der Waals surface area (Å²) in [7, 11) is 1.76. The van der Waals surface area contributed by atoms with Crippen molar-refractivity contribution in [2.24, 2.45) is 5.92 Å². The Morgan fingerprint density at radius 2 is 1.96 bits per heavy atom. The number of nitrogens with zero attached hydrogens (tertiary/aromatic N) is 3. The second-order valence-electron chi connectivity index (χ2n) is 6.11. The van der Waals surface area contributed by atoms with Crippen molar-refractivity contribution >= 4 is 17.5 Å². The number of hydrogen-bond donors (Lipinski definition) is 0. The minimum absolute atomic E-state index is 0.133. The Balaban J connectivity index is 2.25. The van der Waals surface area contributed by atoms with Crippen LogP contribution in [0.5, 0.6) is 0 Å². The van der Waals surface area contributed by atoms with Gasteiger partial charge in [0.1, 0.15) is 11.0 Å². The van der Waals surface area contributed by atoms with Crippen LogP contribution >= 0.6 is 11.6 Å². The lowest BCUT2D eigenvalue weighted by molar-refractivity contribution is 0.0778. The molecule has 0 N–H and O–H groups in total. The highest BCUT2D eigenvalue weighted by molar-refractivity contribution is 6.33. The average molecular weight is 338 g/mol. The van der Waals surface area contributed by atoms with Gasteiger partial charge in [0.25, 0.3) is 5.91 Å². The molecule has 4 nitrogen and oxygen atoms in total. The maximum Gasteiger partial charge on any atom is 0.258 e. The Hall–Kier alpha value is -1.88. The summed E-state index contributed by atoms with van der Waals surface area (Å²) in [6.45, 7) is 6.91. The maximum absolute atomic E-state index is 13.0. The van der Waals surface area contributed by atoms with Gasteiger partial charge in [0.2, 0.25) is 0 Å². The second-order valence-corrected chi connectivity index (χ2v) is 6.47. The van der Waals surface area contributed by atoms with Gasteiger partial charge in [-0.2, -0.15) is 5.10 Å². The summed E-state index contributed by atoms with van der Waals surface area (Å²) in [4.78, 5) is 14.2. The molecular weight excluding hydrogens is 317 g/mol. The molecule has 0 saturated carbocycles. The second kappa shape index (κ2) is 7.13. The molecule has 0 saturated heterocycles. The van der Waals surface area contributed by atoms with Crippen LogP contribution < -0.4 is 0 Å². The first-order chi connectivity index (χ1) is 10.8. The predicted molar refractivity (Wildman–Crippen MR) is 89.3 cm³/mol. The number of carbonyl (C=O) groups excluding carboxylic acids is 1. The molecule has 0 bridgehead atoms. The van der Waals surface area contributed by atoms with Gasteiger partial charge < -0.3 is 4.90 Å². The number of amides is 1. The molecule has 1 aromatic carbocycles. The van der Waals surface area contributed by atoms with Crippen molar-refractivity contribution in [3.8, 4) is 0 Å². The Morgan fingerprint density at radius 1 is 1.35 bits per heavy atom. The van der Waals surface area contributed by atoms with Gasteiger partial charge in [-0.25, -0.2) is 9.07 Å². The normalized spacial score (nSPS) is 11.1. The topological polar surface area (TPSA) is 38.1 Å². The molecule has 1 heterocycles. The third kappa shape index (κ3) is 4.10. The lowest BCUT2D eigenvalue weighted by Crippen LogP contribution is -2.30. The van der Waals surface area contributed by atoms with E-state index in [1.807, 2.05) is 0 Å². The fourth-order valence-corrected chi connectivity index (χ4v) is 2.80. The van der Waals surface area contributed by atoms with Crippen molar-refractivity contribution in [3.63, 3.8) is 0 Å². The molecule has 2 rings (SSSR count). The van der Waals surface area contributed by atoms with Gasteiger partial charge in [-0.1, -0.05) is 37.6 Å². The van der Waals surface area contributed by atoms with Gasteiger partial charge in [-0.15, -0.1) is 0 Å². The zero-order valence-electron chi connectivity index (χ0n) is 13.8. The van der Waals surface area contributed by atoms with Crippen molar-refractivity contribution < 1.29 is 9.18 Å². The standard InChI is InChI=1S/C17H21ClFN3O/c1-11(2)9-21(4)17(23)15-12(3)20-22(16(15)18)10-13-5-7-14(19)8-6-13/h5-8,11H,9-10H2,1-4H3. The van der Waals surface area contributed by atoms with Crippen LogP contribution in [0.3, 0.4) is 0 Å². The highest BCUT2D eigenvalue weighted by Gasteiger charge is 2.23. The predicted octanol–water partition coefficient (Wildman–Crippen LogP) is 3.76. The van der Waals surface area contributed by atoms with Crippen molar-refractivity contribution in [2.45, 2.75) is 27.3 Å². The zero-order valence-corrected chi connectivity index (χ0v) is 14.6. The van der Waals surface area contributed by atoms with Gasteiger partial charge in [0.05, 0.1) is 17.8 Å². The van der Waals surface area contributed by atoms with Crippen molar-refractivity contribution in [3.05, 3.63) is 52.1 Å². The van der Waals surface area contributed by atoms with Crippen LogP contribution in [0.15, 0.2) is 24.3 Å². The van der Waals surface area contributed by atoms with Gasteiger partial charge >= 0.3 is 0 Å². The first-order valence-corrected chi connectivity index (χ1v) is 7.90. The third-order valence-corrected chi connectivity index (χ3v) is 3.89. The molecule has 0 aliphatic rings. The highest BCUT2D eigenvalue weighted by Crippen LogP contribution is 2.22. The average Bonchev–Trinajstić information content (AvgIpc) is 2.74. The number of hydrogen-bond acceptors (Lipinski definition) is 2. The van der Waals surface area contributed by atoms with E-state index in [0.717, 1.165) is 5.56 Å². The van der Waals surface area contributed by atoms with E-state index < -0.39 is 0 Å². The number of rotatable bonds is 5. The van der Waals surface area contributed by atoms with Gasteiger partial charge in [0, 0.05) is 13.6 Å². The van der Waals surface area contributed by atoms with Crippen LogP contribution in [0.2, 0.25) is 5.15 Å². The van der Waals surface area contributed by atoms with E-state index in [0.29, 0.717) is 35.4 Å². The summed E-state index contributed by atoms with van der Waals surface area (Å²) in [5.74, 6) is -0.0495. The number of carbonyl (C=O) groups is 1. The monoisotopic (exact) mass is 337 g/mol. The summed E-state index contributed by atoms with van der Waals surface area (Å²) < 4.78 is 14.5. The molecular formula is C17H21ClFN3O. The van der Waals surface area contributed by atoms with E-state index in [4.69, 9.17) is 11.6 Å². The Kier molecular flexibility index (Phi) is 5.42. The lowest BCUT2D eigenvalue weighted by atomic mass is 10.2. The zero-order chi connectivity index (χ0) is 17.1. The molecule has 0 unspecified atom stereocenters. The van der Waals surface area contributed by atoms with E-state index in [9.17, 15) is 9.18 Å². The fourth-order valence-electron chi connectivity index (χ4n) is 2.49.